The summed E-state index contributed by atoms with van der Waals surface area (Å²) in [5, 5.41) is 3.28. The molecule has 1 aromatic carbocycles. The zero-order valence-corrected chi connectivity index (χ0v) is 14.0. The average Bonchev–Trinajstić information content (AvgIpc) is 2.44. The van der Waals surface area contributed by atoms with E-state index in [2.05, 4.69) is 10.0 Å². The van der Waals surface area contributed by atoms with Crippen LogP contribution in [-0.4, -0.2) is 33.5 Å². The standard InChI is InChI=1S/C14H24N2O2S2/c1-4-15-12(2)13-7-5-8-14(11-13)20(17,18)16-9-6-10-19-3/h5,7-8,11-12,15-16H,4,6,9-10H2,1-3H3. The minimum Gasteiger partial charge on any atom is -0.310 e. The molecular formula is C14H24N2O2S2. The highest BCUT2D eigenvalue weighted by Gasteiger charge is 2.14. The molecule has 1 atom stereocenters. The van der Waals surface area contributed by atoms with Crippen molar-refractivity contribution in [1.29, 1.82) is 0 Å². The van der Waals surface area contributed by atoms with Crippen molar-refractivity contribution in [3.63, 3.8) is 0 Å². The van der Waals surface area contributed by atoms with Gasteiger partial charge in [-0.15, -0.1) is 0 Å². The van der Waals surface area contributed by atoms with E-state index in [4.69, 9.17) is 0 Å². The van der Waals surface area contributed by atoms with Gasteiger partial charge in [0.25, 0.3) is 0 Å². The molecule has 0 radical (unpaired) electrons. The lowest BCUT2D eigenvalue weighted by Crippen LogP contribution is -2.25. The fraction of sp³-hybridized carbons (Fsp3) is 0.571. The molecule has 0 heterocycles. The fourth-order valence-electron chi connectivity index (χ4n) is 1.88. The van der Waals surface area contributed by atoms with Crippen LogP contribution in [0.3, 0.4) is 0 Å². The molecule has 2 N–H and O–H groups in total. The van der Waals surface area contributed by atoms with Crippen molar-refractivity contribution in [3.05, 3.63) is 29.8 Å². The summed E-state index contributed by atoms with van der Waals surface area (Å²) in [6.07, 6.45) is 2.86. The number of hydrogen-bond acceptors (Lipinski definition) is 4. The minimum atomic E-state index is -3.40. The Balaban J connectivity index is 2.77. The molecule has 6 heteroatoms. The molecule has 114 valence electrons. The maximum atomic E-state index is 12.2. The Bertz CT molecular complexity index is 504. The van der Waals surface area contributed by atoms with Crippen molar-refractivity contribution in [2.24, 2.45) is 0 Å². The predicted molar refractivity (Wildman–Crippen MR) is 86.7 cm³/mol. The molecule has 0 bridgehead atoms. The molecule has 1 rings (SSSR count). The van der Waals surface area contributed by atoms with Gasteiger partial charge >= 0.3 is 0 Å². The van der Waals surface area contributed by atoms with Crippen LogP contribution < -0.4 is 10.0 Å². The summed E-state index contributed by atoms with van der Waals surface area (Å²) < 4.78 is 27.0. The Labute approximate surface area is 126 Å². The second-order valence-corrected chi connectivity index (χ2v) is 7.35. The fourth-order valence-corrected chi connectivity index (χ4v) is 3.44. The molecule has 4 nitrogen and oxygen atoms in total. The average molecular weight is 316 g/mol. The third kappa shape index (κ3) is 5.44. The van der Waals surface area contributed by atoms with Crippen LogP contribution in [0.5, 0.6) is 0 Å². The molecule has 0 aliphatic carbocycles. The minimum absolute atomic E-state index is 0.145. The third-order valence-corrected chi connectivity index (χ3v) is 5.15. The van der Waals surface area contributed by atoms with Crippen molar-refractivity contribution in [1.82, 2.24) is 10.0 Å². The monoisotopic (exact) mass is 316 g/mol. The largest absolute Gasteiger partial charge is 0.310 e. The van der Waals surface area contributed by atoms with Gasteiger partial charge in [-0.05, 0) is 49.6 Å². The Kier molecular flexibility index (Phi) is 7.58. The summed E-state index contributed by atoms with van der Waals surface area (Å²) in [7, 11) is -3.40. The molecule has 0 aliphatic rings. The van der Waals surface area contributed by atoms with Crippen molar-refractivity contribution in [2.45, 2.75) is 31.2 Å². The lowest BCUT2D eigenvalue weighted by molar-refractivity contribution is 0.578. The molecule has 0 saturated heterocycles. The molecule has 0 saturated carbocycles. The van der Waals surface area contributed by atoms with Crippen molar-refractivity contribution in [2.75, 3.05) is 25.1 Å². The van der Waals surface area contributed by atoms with E-state index in [0.717, 1.165) is 24.3 Å². The van der Waals surface area contributed by atoms with Gasteiger partial charge in [-0.3, -0.25) is 0 Å². The Morgan fingerprint density at radius 2 is 2.10 bits per heavy atom. The van der Waals surface area contributed by atoms with Crippen molar-refractivity contribution < 1.29 is 8.42 Å². The van der Waals surface area contributed by atoms with Crippen LogP contribution in [0.1, 0.15) is 31.9 Å². The quantitative estimate of drug-likeness (QED) is 0.687. The van der Waals surface area contributed by atoms with E-state index in [1.807, 2.05) is 26.2 Å². The molecule has 1 unspecified atom stereocenters. The normalized spacial score (nSPS) is 13.3. The Hall–Kier alpha value is -0.560. The van der Waals surface area contributed by atoms with Crippen molar-refractivity contribution >= 4 is 21.8 Å². The molecule has 0 aliphatic heterocycles. The van der Waals surface area contributed by atoms with Gasteiger partial charge in [0.15, 0.2) is 0 Å². The van der Waals surface area contributed by atoms with Gasteiger partial charge in [0.05, 0.1) is 4.90 Å². The van der Waals surface area contributed by atoms with Crippen LogP contribution in [0.25, 0.3) is 0 Å². The molecule has 0 aromatic heterocycles. The van der Waals surface area contributed by atoms with Gasteiger partial charge in [0, 0.05) is 12.6 Å². The molecule has 0 spiro atoms. The van der Waals surface area contributed by atoms with Crippen LogP contribution in [-0.2, 0) is 10.0 Å². The lowest BCUT2D eigenvalue weighted by Gasteiger charge is -2.14. The predicted octanol–water partition coefficient (Wildman–Crippen LogP) is 2.39. The molecule has 20 heavy (non-hydrogen) atoms. The van der Waals surface area contributed by atoms with E-state index in [0.29, 0.717) is 11.4 Å². The first-order chi connectivity index (χ1) is 9.51. The number of hydrogen-bond donors (Lipinski definition) is 2. The zero-order valence-electron chi connectivity index (χ0n) is 12.3. The van der Waals surface area contributed by atoms with Crippen LogP contribution >= 0.6 is 11.8 Å². The van der Waals surface area contributed by atoms with Crippen LogP contribution in [0.4, 0.5) is 0 Å². The maximum Gasteiger partial charge on any atom is 0.240 e. The molecular weight excluding hydrogens is 292 g/mol. The number of nitrogens with one attached hydrogen (secondary N) is 2. The number of thioether (sulfide) groups is 1. The summed E-state index contributed by atoms with van der Waals surface area (Å²) in [6, 6.07) is 7.26. The van der Waals surface area contributed by atoms with E-state index >= 15 is 0 Å². The van der Waals surface area contributed by atoms with Crippen LogP contribution in [0.2, 0.25) is 0 Å². The topological polar surface area (TPSA) is 58.2 Å². The second kappa shape index (κ2) is 8.67. The molecule has 0 amide bonds. The maximum absolute atomic E-state index is 12.2. The van der Waals surface area contributed by atoms with Gasteiger partial charge in [0.1, 0.15) is 0 Å². The summed E-state index contributed by atoms with van der Waals surface area (Å²) >= 11 is 1.72. The van der Waals surface area contributed by atoms with Crippen LogP contribution in [0.15, 0.2) is 29.2 Å². The smallest absolute Gasteiger partial charge is 0.240 e. The van der Waals surface area contributed by atoms with Crippen molar-refractivity contribution in [3.8, 4) is 0 Å². The van der Waals surface area contributed by atoms with Gasteiger partial charge in [-0.2, -0.15) is 11.8 Å². The molecule has 1 aromatic rings. The van der Waals surface area contributed by atoms with E-state index in [-0.39, 0.29) is 6.04 Å². The first kappa shape index (κ1) is 17.5. The first-order valence-electron chi connectivity index (χ1n) is 6.83. The Morgan fingerprint density at radius 3 is 2.75 bits per heavy atom. The van der Waals surface area contributed by atoms with E-state index in [1.165, 1.54) is 0 Å². The highest BCUT2D eigenvalue weighted by atomic mass is 32.2. The van der Waals surface area contributed by atoms with Crippen LogP contribution in [0, 0.1) is 0 Å². The third-order valence-electron chi connectivity index (χ3n) is 3.00. The van der Waals surface area contributed by atoms with E-state index in [9.17, 15) is 8.42 Å². The number of rotatable bonds is 9. The highest BCUT2D eigenvalue weighted by Crippen LogP contribution is 2.17. The van der Waals surface area contributed by atoms with E-state index < -0.39 is 10.0 Å². The Morgan fingerprint density at radius 1 is 1.35 bits per heavy atom. The lowest BCUT2D eigenvalue weighted by atomic mass is 10.1. The highest BCUT2D eigenvalue weighted by molar-refractivity contribution is 7.98. The zero-order chi connectivity index (χ0) is 15.0. The van der Waals surface area contributed by atoms with Gasteiger partial charge in [-0.25, -0.2) is 13.1 Å². The summed E-state index contributed by atoms with van der Waals surface area (Å²) in [5.41, 5.74) is 0.985. The molecule has 0 fully saturated rings. The van der Waals surface area contributed by atoms with Gasteiger partial charge in [0.2, 0.25) is 10.0 Å². The van der Waals surface area contributed by atoms with Gasteiger partial charge < -0.3 is 5.32 Å². The summed E-state index contributed by atoms with van der Waals surface area (Å²) in [5.74, 6) is 0.958. The SMILES string of the molecule is CCNC(C)c1cccc(S(=O)(=O)NCCCSC)c1. The summed E-state index contributed by atoms with van der Waals surface area (Å²) in [4.78, 5) is 0.337. The number of sulfonamides is 1. The second-order valence-electron chi connectivity index (χ2n) is 4.60. The van der Waals surface area contributed by atoms with E-state index in [1.54, 1.807) is 30.0 Å². The summed E-state index contributed by atoms with van der Waals surface area (Å²) in [6.45, 7) is 5.40. The number of benzene rings is 1. The van der Waals surface area contributed by atoms with Gasteiger partial charge in [-0.1, -0.05) is 19.1 Å². The first-order valence-corrected chi connectivity index (χ1v) is 9.71.